The molecule has 2 aromatic rings. The fourth-order valence-corrected chi connectivity index (χ4v) is 2.02. The number of furan rings is 1. The lowest BCUT2D eigenvalue weighted by Crippen LogP contribution is -2.33. The topological polar surface area (TPSA) is 42.2 Å². The van der Waals surface area contributed by atoms with Crippen LogP contribution in [0, 0.1) is 0 Å². The molecule has 0 aliphatic heterocycles. The predicted octanol–water partition coefficient (Wildman–Crippen LogP) is 3.95. The number of carbonyl (C=O) groups excluding carboxylic acids is 1. The number of hydrogen-bond donors (Lipinski definition) is 1. The first-order valence-corrected chi connectivity index (χ1v) is 6.60. The van der Waals surface area contributed by atoms with Crippen LogP contribution in [0.1, 0.15) is 23.0 Å². The Balaban J connectivity index is 1.98. The second-order valence-electron chi connectivity index (χ2n) is 4.29. The van der Waals surface area contributed by atoms with Gasteiger partial charge in [0.15, 0.2) is 0 Å². The van der Waals surface area contributed by atoms with E-state index < -0.39 is 0 Å². The van der Waals surface area contributed by atoms with Crippen LogP contribution in [0.5, 0.6) is 0 Å². The van der Waals surface area contributed by atoms with Crippen LogP contribution in [0.4, 0.5) is 0 Å². The molecule has 5 heteroatoms. The van der Waals surface area contributed by atoms with E-state index in [9.17, 15) is 4.79 Å². The minimum atomic E-state index is -0.183. The summed E-state index contributed by atoms with van der Waals surface area (Å²) in [7, 11) is 0. The van der Waals surface area contributed by atoms with Gasteiger partial charge in [0.25, 0.3) is 5.91 Å². The molecule has 0 fully saturated rings. The quantitative estimate of drug-likeness (QED) is 0.928. The summed E-state index contributed by atoms with van der Waals surface area (Å²) in [5.74, 6) is 0.652. The zero-order valence-corrected chi connectivity index (χ0v) is 11.8. The van der Waals surface area contributed by atoms with Gasteiger partial charge in [0.05, 0.1) is 16.3 Å². The van der Waals surface area contributed by atoms with Gasteiger partial charge in [0.1, 0.15) is 5.76 Å². The van der Waals surface area contributed by atoms with Gasteiger partial charge in [0, 0.05) is 18.0 Å². The number of benzene rings is 1. The van der Waals surface area contributed by atoms with Gasteiger partial charge in [-0.15, -0.1) is 0 Å². The molecule has 1 amide bonds. The molecule has 1 heterocycles. The van der Waals surface area contributed by atoms with Crippen molar-refractivity contribution >= 4 is 29.1 Å². The molecule has 19 heavy (non-hydrogen) atoms. The van der Waals surface area contributed by atoms with E-state index in [2.05, 4.69) is 5.32 Å². The third-order valence-electron chi connectivity index (χ3n) is 2.65. The van der Waals surface area contributed by atoms with Gasteiger partial charge in [-0.2, -0.15) is 0 Å². The highest BCUT2D eigenvalue weighted by molar-refractivity contribution is 6.42. The average molecular weight is 298 g/mol. The number of rotatable bonds is 4. The largest absolute Gasteiger partial charge is 0.469 e. The molecule has 1 unspecified atom stereocenters. The molecule has 1 atom stereocenters. The van der Waals surface area contributed by atoms with E-state index in [0.717, 1.165) is 5.76 Å². The lowest BCUT2D eigenvalue weighted by atomic mass is 10.1. The Hall–Kier alpha value is -1.45. The van der Waals surface area contributed by atoms with Gasteiger partial charge in [-0.25, -0.2) is 0 Å². The molecule has 0 radical (unpaired) electrons. The van der Waals surface area contributed by atoms with Gasteiger partial charge in [0.2, 0.25) is 0 Å². The van der Waals surface area contributed by atoms with Crippen molar-refractivity contribution in [3.8, 4) is 0 Å². The summed E-state index contributed by atoms with van der Waals surface area (Å²) in [5, 5.41) is 3.68. The lowest BCUT2D eigenvalue weighted by molar-refractivity contribution is 0.0939. The van der Waals surface area contributed by atoms with E-state index >= 15 is 0 Å². The Morgan fingerprint density at radius 2 is 2.11 bits per heavy atom. The minimum Gasteiger partial charge on any atom is -0.469 e. The van der Waals surface area contributed by atoms with Crippen LogP contribution in [0.2, 0.25) is 10.0 Å². The Morgan fingerprint density at radius 1 is 1.32 bits per heavy atom. The van der Waals surface area contributed by atoms with Crippen molar-refractivity contribution in [2.75, 3.05) is 0 Å². The monoisotopic (exact) mass is 297 g/mol. The van der Waals surface area contributed by atoms with Crippen molar-refractivity contribution < 1.29 is 9.21 Å². The van der Waals surface area contributed by atoms with Crippen molar-refractivity contribution in [2.24, 2.45) is 0 Å². The molecule has 1 aromatic carbocycles. The first-order chi connectivity index (χ1) is 9.06. The summed E-state index contributed by atoms with van der Waals surface area (Å²) < 4.78 is 5.24. The highest BCUT2D eigenvalue weighted by Gasteiger charge is 2.12. The first-order valence-electron chi connectivity index (χ1n) is 5.84. The van der Waals surface area contributed by atoms with E-state index in [1.54, 1.807) is 24.5 Å². The Labute approximate surface area is 121 Å². The molecule has 0 aliphatic carbocycles. The van der Waals surface area contributed by atoms with Crippen molar-refractivity contribution in [2.45, 2.75) is 19.4 Å². The standard InChI is InChI=1S/C14H13Cl2NO2/c1-9(7-11-3-2-6-19-11)17-14(18)10-4-5-12(15)13(16)8-10/h2-6,8-9H,7H2,1H3,(H,17,18). The summed E-state index contributed by atoms with van der Waals surface area (Å²) in [6.45, 7) is 1.91. The van der Waals surface area contributed by atoms with E-state index in [-0.39, 0.29) is 11.9 Å². The van der Waals surface area contributed by atoms with Crippen molar-refractivity contribution in [1.29, 1.82) is 0 Å². The zero-order valence-electron chi connectivity index (χ0n) is 10.3. The smallest absolute Gasteiger partial charge is 0.251 e. The van der Waals surface area contributed by atoms with E-state index in [4.69, 9.17) is 27.6 Å². The molecule has 0 bridgehead atoms. The third kappa shape index (κ3) is 3.75. The first kappa shape index (κ1) is 14.0. The van der Waals surface area contributed by atoms with Gasteiger partial charge in [-0.05, 0) is 37.3 Å². The van der Waals surface area contributed by atoms with Crippen LogP contribution in [0.3, 0.4) is 0 Å². The van der Waals surface area contributed by atoms with Crippen LogP contribution in [0.25, 0.3) is 0 Å². The molecule has 100 valence electrons. The normalized spacial score (nSPS) is 12.2. The van der Waals surface area contributed by atoms with Crippen molar-refractivity contribution in [3.63, 3.8) is 0 Å². The predicted molar refractivity (Wildman–Crippen MR) is 75.8 cm³/mol. The Bertz CT molecular complexity index is 567. The molecular weight excluding hydrogens is 285 g/mol. The number of amides is 1. The summed E-state index contributed by atoms with van der Waals surface area (Å²) in [6.07, 6.45) is 2.25. The molecule has 1 N–H and O–H groups in total. The summed E-state index contributed by atoms with van der Waals surface area (Å²) in [6, 6.07) is 8.47. The van der Waals surface area contributed by atoms with Gasteiger partial charge in [-0.1, -0.05) is 23.2 Å². The number of carbonyl (C=O) groups is 1. The maximum Gasteiger partial charge on any atom is 0.251 e. The van der Waals surface area contributed by atoms with Crippen LogP contribution in [-0.2, 0) is 6.42 Å². The summed E-state index contributed by atoms with van der Waals surface area (Å²) in [4.78, 5) is 12.0. The van der Waals surface area contributed by atoms with E-state index in [1.807, 2.05) is 19.1 Å². The number of halogens is 2. The molecule has 0 saturated carbocycles. The molecule has 3 nitrogen and oxygen atoms in total. The minimum absolute atomic E-state index is 0.0342. The summed E-state index contributed by atoms with van der Waals surface area (Å²) >= 11 is 11.7. The van der Waals surface area contributed by atoms with Crippen molar-refractivity contribution in [1.82, 2.24) is 5.32 Å². The van der Waals surface area contributed by atoms with Gasteiger partial charge < -0.3 is 9.73 Å². The zero-order chi connectivity index (χ0) is 13.8. The second-order valence-corrected chi connectivity index (χ2v) is 5.10. The fraction of sp³-hybridized carbons (Fsp3) is 0.214. The van der Waals surface area contributed by atoms with Crippen LogP contribution in [-0.4, -0.2) is 11.9 Å². The number of hydrogen-bond acceptors (Lipinski definition) is 2. The van der Waals surface area contributed by atoms with Gasteiger partial charge >= 0.3 is 0 Å². The van der Waals surface area contributed by atoms with Crippen LogP contribution < -0.4 is 5.32 Å². The highest BCUT2D eigenvalue weighted by Crippen LogP contribution is 2.22. The van der Waals surface area contributed by atoms with E-state index in [1.165, 1.54) is 0 Å². The molecule has 0 spiro atoms. The lowest BCUT2D eigenvalue weighted by Gasteiger charge is -2.12. The summed E-state index contributed by atoms with van der Waals surface area (Å²) in [5.41, 5.74) is 0.487. The highest BCUT2D eigenvalue weighted by atomic mass is 35.5. The third-order valence-corrected chi connectivity index (χ3v) is 3.39. The van der Waals surface area contributed by atoms with Gasteiger partial charge in [-0.3, -0.25) is 4.79 Å². The molecule has 1 aromatic heterocycles. The Morgan fingerprint density at radius 3 is 2.74 bits per heavy atom. The second kappa shape index (κ2) is 6.13. The Kier molecular flexibility index (Phi) is 4.51. The SMILES string of the molecule is CC(Cc1ccco1)NC(=O)c1ccc(Cl)c(Cl)c1. The number of nitrogens with one attached hydrogen (secondary N) is 1. The van der Waals surface area contributed by atoms with Crippen LogP contribution >= 0.6 is 23.2 Å². The molecule has 2 rings (SSSR count). The molecule has 0 aliphatic rings. The maximum absolute atomic E-state index is 12.0. The van der Waals surface area contributed by atoms with E-state index in [0.29, 0.717) is 22.0 Å². The molecule has 0 saturated heterocycles. The maximum atomic E-state index is 12.0. The fourth-order valence-electron chi connectivity index (χ4n) is 1.73. The molecular formula is C14H13Cl2NO2. The van der Waals surface area contributed by atoms with Crippen molar-refractivity contribution in [3.05, 3.63) is 58.0 Å². The van der Waals surface area contributed by atoms with Crippen LogP contribution in [0.15, 0.2) is 41.0 Å². The average Bonchev–Trinajstić information content (AvgIpc) is 2.85.